The molecule has 0 aliphatic heterocycles. The summed E-state index contributed by atoms with van der Waals surface area (Å²) in [6.45, 7) is 3.88. The number of amides is 2. The van der Waals surface area contributed by atoms with E-state index in [0.29, 0.717) is 22.8 Å². The number of rotatable bonds is 7. The Labute approximate surface area is 164 Å². The zero-order valence-electron chi connectivity index (χ0n) is 16.5. The minimum Gasteiger partial charge on any atom is -0.375 e. The zero-order chi connectivity index (χ0) is 20.7. The van der Waals surface area contributed by atoms with E-state index in [9.17, 15) is 14.9 Å². The fourth-order valence-corrected chi connectivity index (χ4v) is 2.25. The molecule has 1 unspecified atom stereocenters. The van der Waals surface area contributed by atoms with Gasteiger partial charge in [0.15, 0.2) is 5.82 Å². The number of aromatic nitrogens is 2. The normalized spacial score (nSPS) is 11.2. The number of anilines is 2. The Kier molecular flexibility index (Phi) is 7.04. The van der Waals surface area contributed by atoms with Crippen LogP contribution in [0.25, 0.3) is 11.3 Å². The highest BCUT2D eigenvalue weighted by atomic mass is 16.2. The van der Waals surface area contributed by atoms with Crippen molar-refractivity contribution in [2.75, 3.05) is 31.3 Å². The molecule has 1 aromatic heterocycles. The number of nitriles is 1. The highest BCUT2D eigenvalue weighted by Gasteiger charge is 2.12. The second-order valence-corrected chi connectivity index (χ2v) is 6.60. The molecule has 0 radical (unpaired) electrons. The molecule has 1 heterocycles. The van der Waals surface area contributed by atoms with E-state index in [0.717, 1.165) is 12.0 Å². The molecule has 146 valence electrons. The van der Waals surface area contributed by atoms with Crippen molar-refractivity contribution in [3.63, 3.8) is 0 Å². The summed E-state index contributed by atoms with van der Waals surface area (Å²) in [6.07, 6.45) is 3.80. The summed E-state index contributed by atoms with van der Waals surface area (Å²) in [4.78, 5) is 33.8. The zero-order valence-corrected chi connectivity index (χ0v) is 16.5. The van der Waals surface area contributed by atoms with Gasteiger partial charge in [-0.3, -0.25) is 14.6 Å². The van der Waals surface area contributed by atoms with Gasteiger partial charge >= 0.3 is 0 Å². The van der Waals surface area contributed by atoms with Crippen LogP contribution in [0.2, 0.25) is 0 Å². The van der Waals surface area contributed by atoms with Crippen molar-refractivity contribution in [1.82, 2.24) is 14.9 Å². The number of hydrogen-bond donors (Lipinski definition) is 2. The summed E-state index contributed by atoms with van der Waals surface area (Å²) < 4.78 is 0. The third-order valence-electron chi connectivity index (χ3n) is 4.33. The lowest BCUT2D eigenvalue weighted by Crippen LogP contribution is -2.28. The third-order valence-corrected chi connectivity index (χ3v) is 4.33. The van der Waals surface area contributed by atoms with Gasteiger partial charge in [-0.25, -0.2) is 4.98 Å². The van der Waals surface area contributed by atoms with Gasteiger partial charge in [0.1, 0.15) is 6.07 Å². The molecule has 8 nitrogen and oxygen atoms in total. The van der Waals surface area contributed by atoms with Gasteiger partial charge in [-0.15, -0.1) is 0 Å². The molecule has 0 bridgehead atoms. The largest absolute Gasteiger partial charge is 0.375 e. The van der Waals surface area contributed by atoms with Crippen LogP contribution in [0.15, 0.2) is 30.6 Å². The van der Waals surface area contributed by atoms with Gasteiger partial charge < -0.3 is 15.5 Å². The van der Waals surface area contributed by atoms with Gasteiger partial charge in [0.05, 0.1) is 35.9 Å². The smallest absolute Gasteiger partial charge is 0.241 e. The van der Waals surface area contributed by atoms with Gasteiger partial charge in [0.25, 0.3) is 0 Å². The Morgan fingerprint density at radius 3 is 2.57 bits per heavy atom. The molecule has 0 fully saturated rings. The topological polar surface area (TPSA) is 111 Å². The number of likely N-dealkylation sites (N-methyl/N-ethyl adjacent to an activating group) is 1. The standard InChI is InChI=1S/C20H24N6O2/c1-5-13(2)20(28)25-18-11-22-17(10-24-18)14-6-7-15(9-21)16(8-14)23-12-19(27)26(3)4/h6-8,10-11,13,23H,5,12H2,1-4H3,(H,24,25,28). The lowest BCUT2D eigenvalue weighted by Gasteiger charge is -2.13. The first kappa shape index (κ1) is 20.8. The van der Waals surface area contributed by atoms with Crippen LogP contribution in [0.3, 0.4) is 0 Å². The van der Waals surface area contributed by atoms with Crippen molar-refractivity contribution < 1.29 is 9.59 Å². The van der Waals surface area contributed by atoms with Crippen LogP contribution >= 0.6 is 0 Å². The predicted molar refractivity (Wildman–Crippen MR) is 107 cm³/mol. The molecule has 2 aromatic rings. The van der Waals surface area contributed by atoms with Crippen molar-refractivity contribution in [1.29, 1.82) is 5.26 Å². The number of nitrogens with one attached hydrogen (secondary N) is 2. The summed E-state index contributed by atoms with van der Waals surface area (Å²) in [5.41, 5.74) is 2.31. The number of benzene rings is 1. The van der Waals surface area contributed by atoms with Crippen LogP contribution in [0, 0.1) is 17.2 Å². The molecular weight excluding hydrogens is 356 g/mol. The summed E-state index contributed by atoms with van der Waals surface area (Å²) in [5.74, 6) is 0.0894. The van der Waals surface area contributed by atoms with Gasteiger partial charge in [-0.2, -0.15) is 5.26 Å². The number of carbonyl (C=O) groups excluding carboxylic acids is 2. The van der Waals surface area contributed by atoms with Crippen LogP contribution < -0.4 is 10.6 Å². The van der Waals surface area contributed by atoms with Crippen LogP contribution in [0.5, 0.6) is 0 Å². The summed E-state index contributed by atoms with van der Waals surface area (Å²) in [7, 11) is 3.34. The number of carbonyl (C=O) groups is 2. The first-order chi connectivity index (χ1) is 13.3. The Morgan fingerprint density at radius 2 is 2.00 bits per heavy atom. The second kappa shape index (κ2) is 9.46. The maximum Gasteiger partial charge on any atom is 0.241 e. The monoisotopic (exact) mass is 380 g/mol. The van der Waals surface area contributed by atoms with E-state index in [1.807, 2.05) is 13.8 Å². The van der Waals surface area contributed by atoms with E-state index in [4.69, 9.17) is 0 Å². The van der Waals surface area contributed by atoms with Crippen molar-refractivity contribution in [3.8, 4) is 17.3 Å². The number of nitrogens with zero attached hydrogens (tertiary/aromatic N) is 4. The minimum absolute atomic E-state index is 0.0807. The SMILES string of the molecule is CCC(C)C(=O)Nc1cnc(-c2ccc(C#N)c(NCC(=O)N(C)C)c2)cn1. The Bertz CT molecular complexity index is 887. The molecule has 2 N–H and O–H groups in total. The first-order valence-electron chi connectivity index (χ1n) is 8.97. The van der Waals surface area contributed by atoms with E-state index < -0.39 is 0 Å². The number of hydrogen-bond acceptors (Lipinski definition) is 6. The molecule has 1 aromatic carbocycles. The Hall–Kier alpha value is -3.47. The van der Waals surface area contributed by atoms with Crippen molar-refractivity contribution >= 4 is 23.3 Å². The van der Waals surface area contributed by atoms with Crippen molar-refractivity contribution in [3.05, 3.63) is 36.2 Å². The fraction of sp³-hybridized carbons (Fsp3) is 0.350. The van der Waals surface area contributed by atoms with E-state index in [1.54, 1.807) is 38.5 Å². The highest BCUT2D eigenvalue weighted by Crippen LogP contribution is 2.24. The first-order valence-corrected chi connectivity index (χ1v) is 8.97. The Balaban J connectivity index is 2.18. The molecule has 8 heteroatoms. The lowest BCUT2D eigenvalue weighted by molar-refractivity contribution is -0.126. The molecule has 0 saturated heterocycles. The van der Waals surface area contributed by atoms with Crippen LogP contribution in [0.4, 0.5) is 11.5 Å². The molecule has 0 aliphatic rings. The Morgan fingerprint density at radius 1 is 1.25 bits per heavy atom. The average Bonchev–Trinajstić information content (AvgIpc) is 2.71. The summed E-state index contributed by atoms with van der Waals surface area (Å²) >= 11 is 0. The maximum atomic E-state index is 11.9. The van der Waals surface area contributed by atoms with Crippen LogP contribution in [0.1, 0.15) is 25.8 Å². The quantitative estimate of drug-likeness (QED) is 0.763. The molecule has 0 saturated carbocycles. The van der Waals surface area contributed by atoms with Gasteiger partial charge in [-0.1, -0.05) is 19.9 Å². The van der Waals surface area contributed by atoms with Crippen LogP contribution in [-0.4, -0.2) is 47.3 Å². The van der Waals surface area contributed by atoms with Gasteiger partial charge in [-0.05, 0) is 18.6 Å². The van der Waals surface area contributed by atoms with Crippen molar-refractivity contribution in [2.24, 2.45) is 5.92 Å². The maximum absolute atomic E-state index is 11.9. The van der Waals surface area contributed by atoms with Crippen LogP contribution in [-0.2, 0) is 9.59 Å². The molecule has 2 rings (SSSR count). The predicted octanol–water partition coefficient (Wildman–Crippen LogP) is 2.50. The highest BCUT2D eigenvalue weighted by molar-refractivity contribution is 5.91. The van der Waals surface area contributed by atoms with E-state index >= 15 is 0 Å². The van der Waals surface area contributed by atoms with E-state index in [-0.39, 0.29) is 24.3 Å². The summed E-state index contributed by atoms with van der Waals surface area (Å²) in [6, 6.07) is 7.28. The molecule has 0 aliphatic carbocycles. The molecule has 0 spiro atoms. The minimum atomic E-state index is -0.101. The van der Waals surface area contributed by atoms with Crippen molar-refractivity contribution in [2.45, 2.75) is 20.3 Å². The third kappa shape index (κ3) is 5.27. The molecule has 2 amide bonds. The average molecular weight is 380 g/mol. The van der Waals surface area contributed by atoms with Gasteiger partial charge in [0.2, 0.25) is 11.8 Å². The van der Waals surface area contributed by atoms with E-state index in [1.165, 1.54) is 11.1 Å². The molecular formula is C20H24N6O2. The summed E-state index contributed by atoms with van der Waals surface area (Å²) in [5, 5.41) is 15.0. The molecule has 1 atom stereocenters. The van der Waals surface area contributed by atoms with E-state index in [2.05, 4.69) is 26.7 Å². The molecule has 28 heavy (non-hydrogen) atoms. The second-order valence-electron chi connectivity index (χ2n) is 6.60. The fourth-order valence-electron chi connectivity index (χ4n) is 2.25. The van der Waals surface area contributed by atoms with Gasteiger partial charge in [0, 0.05) is 25.6 Å². The lowest BCUT2D eigenvalue weighted by atomic mass is 10.1.